The summed E-state index contributed by atoms with van der Waals surface area (Å²) < 4.78 is 0. The van der Waals surface area contributed by atoms with Crippen LogP contribution in [0, 0.1) is 0 Å². The molecule has 2 heterocycles. The number of aryl methyl sites for hydroxylation is 1. The lowest BCUT2D eigenvalue weighted by Crippen LogP contribution is -2.42. The van der Waals surface area contributed by atoms with E-state index in [2.05, 4.69) is 24.0 Å². The van der Waals surface area contributed by atoms with Gasteiger partial charge in [-0.25, -0.2) is 0 Å². The fraction of sp³-hybridized carbons (Fsp3) is 0.471. The van der Waals surface area contributed by atoms with Gasteiger partial charge in [-0.05, 0) is 30.4 Å². The van der Waals surface area contributed by atoms with Gasteiger partial charge < -0.3 is 15.0 Å². The van der Waals surface area contributed by atoms with Gasteiger partial charge in [0.15, 0.2) is 0 Å². The lowest BCUT2D eigenvalue weighted by atomic mass is 10.0. The smallest absolute Gasteiger partial charge is 0.227 e. The summed E-state index contributed by atoms with van der Waals surface area (Å²) in [6.45, 7) is 3.37. The normalized spacial score (nSPS) is 19.1. The SMILES string of the molecule is CCc1cccc2c(CC(=O)N3CCCC(O)C3)c[nH]c12. The Balaban J connectivity index is 1.80. The number of fused-ring (bicyclic) bond motifs is 1. The Bertz CT molecular complexity index is 647. The van der Waals surface area contributed by atoms with E-state index < -0.39 is 0 Å². The summed E-state index contributed by atoms with van der Waals surface area (Å²) >= 11 is 0. The van der Waals surface area contributed by atoms with E-state index in [-0.39, 0.29) is 12.0 Å². The predicted molar refractivity (Wildman–Crippen MR) is 83.2 cm³/mol. The van der Waals surface area contributed by atoms with Gasteiger partial charge in [-0.3, -0.25) is 4.79 Å². The Kier molecular flexibility index (Phi) is 3.97. The highest BCUT2D eigenvalue weighted by Gasteiger charge is 2.22. The molecule has 1 atom stereocenters. The van der Waals surface area contributed by atoms with Crippen molar-refractivity contribution in [1.29, 1.82) is 0 Å². The number of amides is 1. The summed E-state index contributed by atoms with van der Waals surface area (Å²) in [5, 5.41) is 10.8. The van der Waals surface area contributed by atoms with Gasteiger partial charge in [0.05, 0.1) is 12.5 Å². The number of hydrogen-bond donors (Lipinski definition) is 2. The van der Waals surface area contributed by atoms with Gasteiger partial charge >= 0.3 is 0 Å². The third-order valence-electron chi connectivity index (χ3n) is 4.36. The van der Waals surface area contributed by atoms with Gasteiger partial charge in [0, 0.05) is 30.2 Å². The summed E-state index contributed by atoms with van der Waals surface area (Å²) in [5.41, 5.74) is 3.46. The molecule has 2 aromatic rings. The van der Waals surface area contributed by atoms with Crippen molar-refractivity contribution in [2.75, 3.05) is 13.1 Å². The van der Waals surface area contributed by atoms with E-state index in [1.807, 2.05) is 12.3 Å². The lowest BCUT2D eigenvalue weighted by Gasteiger charge is -2.30. The van der Waals surface area contributed by atoms with Crippen LogP contribution in [-0.4, -0.2) is 40.1 Å². The molecule has 1 fully saturated rings. The van der Waals surface area contributed by atoms with Crippen LogP contribution in [0.2, 0.25) is 0 Å². The minimum atomic E-state index is -0.364. The quantitative estimate of drug-likeness (QED) is 0.909. The number of aliphatic hydroxyl groups excluding tert-OH is 1. The first-order valence-corrected chi connectivity index (χ1v) is 7.72. The number of aliphatic hydroxyl groups is 1. The van der Waals surface area contributed by atoms with Crippen molar-refractivity contribution >= 4 is 16.8 Å². The van der Waals surface area contributed by atoms with Crippen LogP contribution in [0.1, 0.15) is 30.9 Å². The number of hydrogen-bond acceptors (Lipinski definition) is 2. The second-order valence-corrected chi connectivity index (χ2v) is 5.82. The lowest BCUT2D eigenvalue weighted by molar-refractivity contribution is -0.133. The molecule has 1 unspecified atom stereocenters. The Hall–Kier alpha value is -1.81. The molecule has 0 saturated carbocycles. The number of rotatable bonds is 3. The maximum atomic E-state index is 12.4. The summed E-state index contributed by atoms with van der Waals surface area (Å²) in [6.07, 6.45) is 4.65. The third-order valence-corrected chi connectivity index (χ3v) is 4.36. The molecule has 4 heteroatoms. The van der Waals surface area contributed by atoms with Crippen LogP contribution in [0.3, 0.4) is 0 Å². The Morgan fingerprint density at radius 1 is 1.43 bits per heavy atom. The second-order valence-electron chi connectivity index (χ2n) is 5.82. The first-order chi connectivity index (χ1) is 10.2. The largest absolute Gasteiger partial charge is 0.391 e. The molecule has 1 saturated heterocycles. The first kappa shape index (κ1) is 14.1. The van der Waals surface area contributed by atoms with Crippen LogP contribution in [0.4, 0.5) is 0 Å². The van der Waals surface area contributed by atoms with Crippen LogP contribution in [0.25, 0.3) is 10.9 Å². The van der Waals surface area contributed by atoms with E-state index in [0.29, 0.717) is 13.0 Å². The number of β-amino-alcohol motifs (C(OH)–C–C–N with tert-alkyl or cyclic N) is 1. The van der Waals surface area contributed by atoms with Crippen molar-refractivity contribution in [2.45, 2.75) is 38.7 Å². The zero-order chi connectivity index (χ0) is 14.8. The van der Waals surface area contributed by atoms with Crippen LogP contribution < -0.4 is 0 Å². The van der Waals surface area contributed by atoms with E-state index >= 15 is 0 Å². The monoisotopic (exact) mass is 286 g/mol. The molecule has 2 N–H and O–H groups in total. The molecule has 1 amide bonds. The maximum Gasteiger partial charge on any atom is 0.227 e. The number of aromatic nitrogens is 1. The van der Waals surface area contributed by atoms with Gasteiger partial charge in [-0.2, -0.15) is 0 Å². The molecule has 21 heavy (non-hydrogen) atoms. The van der Waals surface area contributed by atoms with Crippen LogP contribution in [0.5, 0.6) is 0 Å². The summed E-state index contributed by atoms with van der Waals surface area (Å²) in [6, 6.07) is 6.23. The molecule has 0 radical (unpaired) electrons. The van der Waals surface area contributed by atoms with Gasteiger partial charge in [-0.1, -0.05) is 25.1 Å². The zero-order valence-electron chi connectivity index (χ0n) is 12.4. The topological polar surface area (TPSA) is 56.3 Å². The number of piperidine rings is 1. The molecule has 3 rings (SSSR count). The molecular weight excluding hydrogens is 264 g/mol. The maximum absolute atomic E-state index is 12.4. The molecule has 0 bridgehead atoms. The Labute approximate surface area is 124 Å². The minimum Gasteiger partial charge on any atom is -0.391 e. The molecule has 1 aromatic heterocycles. The molecule has 4 nitrogen and oxygen atoms in total. The molecule has 1 aliphatic rings. The number of nitrogens with zero attached hydrogens (tertiary/aromatic N) is 1. The molecule has 1 aliphatic heterocycles. The number of benzene rings is 1. The summed E-state index contributed by atoms with van der Waals surface area (Å²) in [5.74, 6) is 0.108. The second kappa shape index (κ2) is 5.90. The third kappa shape index (κ3) is 2.81. The number of aromatic amines is 1. The number of nitrogens with one attached hydrogen (secondary N) is 1. The van der Waals surface area contributed by atoms with Crippen LogP contribution >= 0.6 is 0 Å². The molecule has 0 aliphatic carbocycles. The highest BCUT2D eigenvalue weighted by Crippen LogP contribution is 2.23. The van der Waals surface area contributed by atoms with Crippen molar-refractivity contribution in [2.24, 2.45) is 0 Å². The van der Waals surface area contributed by atoms with Gasteiger partial charge in [0.25, 0.3) is 0 Å². The van der Waals surface area contributed by atoms with E-state index in [1.165, 1.54) is 5.56 Å². The highest BCUT2D eigenvalue weighted by atomic mass is 16.3. The van der Waals surface area contributed by atoms with Crippen molar-refractivity contribution in [1.82, 2.24) is 9.88 Å². The van der Waals surface area contributed by atoms with Crippen LogP contribution in [-0.2, 0) is 17.6 Å². The van der Waals surface area contributed by atoms with Gasteiger partial charge in [-0.15, -0.1) is 0 Å². The Morgan fingerprint density at radius 2 is 2.29 bits per heavy atom. The van der Waals surface area contributed by atoms with Crippen molar-refractivity contribution < 1.29 is 9.90 Å². The van der Waals surface area contributed by atoms with Gasteiger partial charge in [0.2, 0.25) is 5.91 Å². The Morgan fingerprint density at radius 3 is 3.05 bits per heavy atom. The summed E-state index contributed by atoms with van der Waals surface area (Å²) in [4.78, 5) is 17.5. The molecule has 1 aromatic carbocycles. The van der Waals surface area contributed by atoms with Crippen molar-refractivity contribution in [3.8, 4) is 0 Å². The molecule has 0 spiro atoms. The number of para-hydroxylation sites is 1. The van der Waals surface area contributed by atoms with E-state index in [0.717, 1.165) is 42.3 Å². The zero-order valence-corrected chi connectivity index (χ0v) is 12.4. The first-order valence-electron chi connectivity index (χ1n) is 7.72. The van der Waals surface area contributed by atoms with Crippen molar-refractivity contribution in [3.63, 3.8) is 0 Å². The minimum absolute atomic E-state index is 0.108. The molecular formula is C17H22N2O2. The van der Waals surface area contributed by atoms with Crippen LogP contribution in [0.15, 0.2) is 24.4 Å². The number of H-pyrrole nitrogens is 1. The fourth-order valence-electron chi connectivity index (χ4n) is 3.17. The fourth-order valence-corrected chi connectivity index (χ4v) is 3.17. The highest BCUT2D eigenvalue weighted by molar-refractivity contribution is 5.90. The predicted octanol–water partition coefficient (Wildman–Crippen LogP) is 2.26. The summed E-state index contributed by atoms with van der Waals surface area (Å²) in [7, 11) is 0. The average molecular weight is 286 g/mol. The average Bonchev–Trinajstić information content (AvgIpc) is 2.90. The van der Waals surface area contributed by atoms with Crippen molar-refractivity contribution in [3.05, 3.63) is 35.5 Å². The number of carbonyl (C=O) groups excluding carboxylic acids is 1. The van der Waals surface area contributed by atoms with E-state index in [9.17, 15) is 9.90 Å². The number of likely N-dealkylation sites (tertiary alicyclic amines) is 1. The standard InChI is InChI=1S/C17H22N2O2/c1-2-12-5-3-7-15-13(10-18-17(12)15)9-16(21)19-8-4-6-14(20)11-19/h3,5,7,10,14,18,20H,2,4,6,8-9,11H2,1H3. The van der Waals surface area contributed by atoms with E-state index in [1.54, 1.807) is 4.90 Å². The van der Waals surface area contributed by atoms with Gasteiger partial charge in [0.1, 0.15) is 0 Å². The van der Waals surface area contributed by atoms with E-state index in [4.69, 9.17) is 0 Å². The molecule has 112 valence electrons. The number of carbonyl (C=O) groups is 1.